The molecule has 0 bridgehead atoms. The molecule has 0 aliphatic rings. The summed E-state index contributed by atoms with van der Waals surface area (Å²) < 4.78 is 10.4. The molecule has 1 aromatic carbocycles. The number of rotatable bonds is 7. The van der Waals surface area contributed by atoms with E-state index in [1.807, 2.05) is 19.1 Å². The van der Waals surface area contributed by atoms with Crippen LogP contribution < -0.4 is 5.32 Å². The van der Waals surface area contributed by atoms with Crippen molar-refractivity contribution in [3.63, 3.8) is 0 Å². The second-order valence-corrected chi connectivity index (χ2v) is 5.68. The molecule has 0 fully saturated rings. The van der Waals surface area contributed by atoms with Gasteiger partial charge in [0, 0.05) is 5.69 Å². The van der Waals surface area contributed by atoms with Crippen LogP contribution in [0.3, 0.4) is 0 Å². The van der Waals surface area contributed by atoms with Gasteiger partial charge in [0.2, 0.25) is 11.6 Å². The van der Waals surface area contributed by atoms with Crippen molar-refractivity contribution in [2.75, 3.05) is 19.5 Å². The number of carbonyl (C=O) groups excluding carboxylic acids is 3. The van der Waals surface area contributed by atoms with E-state index in [4.69, 9.17) is 4.74 Å². The number of nitrogens with one attached hydrogen (secondary N) is 1. The Bertz CT molecular complexity index is 829. The number of nitrogens with zero attached hydrogens (tertiary/aromatic N) is 3. The Hall–Kier alpha value is -3.23. The predicted molar refractivity (Wildman–Crippen MR) is 96.5 cm³/mol. The summed E-state index contributed by atoms with van der Waals surface area (Å²) in [7, 11) is 2.32. The minimum atomic E-state index is -0.865. The van der Waals surface area contributed by atoms with Crippen LogP contribution in [-0.2, 0) is 20.7 Å². The summed E-state index contributed by atoms with van der Waals surface area (Å²) in [4.78, 5) is 36.7. The molecule has 2 rings (SSSR count). The highest BCUT2D eigenvalue weighted by molar-refractivity contribution is 6.01. The van der Waals surface area contributed by atoms with Gasteiger partial charge in [0.15, 0.2) is 5.69 Å². The van der Waals surface area contributed by atoms with Crippen LogP contribution in [0.5, 0.6) is 0 Å². The van der Waals surface area contributed by atoms with E-state index in [2.05, 4.69) is 20.4 Å². The van der Waals surface area contributed by atoms with Gasteiger partial charge in [0.05, 0.1) is 14.2 Å². The summed E-state index contributed by atoms with van der Waals surface area (Å²) in [5.41, 5.74) is 1.23. The number of ether oxygens (including phenoxy) is 2. The predicted octanol–water partition coefficient (Wildman–Crippen LogP) is 2.00. The Kier molecular flexibility index (Phi) is 6.64. The maximum absolute atomic E-state index is 12.7. The second kappa shape index (κ2) is 8.93. The number of aromatic nitrogens is 3. The molecule has 1 aromatic heterocycles. The third kappa shape index (κ3) is 4.30. The van der Waals surface area contributed by atoms with Gasteiger partial charge in [-0.2, -0.15) is 0 Å². The summed E-state index contributed by atoms with van der Waals surface area (Å²) in [5, 5.41) is 10.3. The lowest BCUT2D eigenvalue weighted by Gasteiger charge is -2.17. The number of benzene rings is 1. The zero-order valence-corrected chi connectivity index (χ0v) is 15.7. The lowest BCUT2D eigenvalue weighted by molar-refractivity contribution is -0.119. The number of hydrogen-bond donors (Lipinski definition) is 1. The lowest BCUT2D eigenvalue weighted by atomic mass is 10.1. The molecule has 0 saturated heterocycles. The first-order valence-corrected chi connectivity index (χ1v) is 8.48. The van der Waals surface area contributed by atoms with Gasteiger partial charge in [0.1, 0.15) is 6.04 Å². The Morgan fingerprint density at radius 3 is 2.22 bits per heavy atom. The summed E-state index contributed by atoms with van der Waals surface area (Å²) in [6.07, 6.45) is 1.20. The number of amides is 1. The average Bonchev–Trinajstić information content (AvgIpc) is 3.12. The van der Waals surface area contributed by atoms with Crippen LogP contribution in [-0.4, -0.2) is 47.1 Å². The zero-order chi connectivity index (χ0) is 20.0. The fourth-order valence-corrected chi connectivity index (χ4v) is 2.55. The van der Waals surface area contributed by atoms with Crippen LogP contribution in [0.25, 0.3) is 0 Å². The van der Waals surface area contributed by atoms with Crippen LogP contribution in [0.1, 0.15) is 52.9 Å². The van der Waals surface area contributed by atoms with Gasteiger partial charge in [-0.1, -0.05) is 31.2 Å². The van der Waals surface area contributed by atoms with Crippen LogP contribution in [0.15, 0.2) is 24.3 Å². The quantitative estimate of drug-likeness (QED) is 0.738. The smallest absolute Gasteiger partial charge is 0.361 e. The molecule has 1 atom stereocenters. The molecule has 9 heteroatoms. The van der Waals surface area contributed by atoms with Gasteiger partial charge in [-0.3, -0.25) is 4.79 Å². The van der Waals surface area contributed by atoms with E-state index in [9.17, 15) is 14.4 Å². The summed E-state index contributed by atoms with van der Waals surface area (Å²) in [6.45, 7) is 3.80. The molecule has 0 spiro atoms. The van der Waals surface area contributed by atoms with Crippen molar-refractivity contribution in [3.05, 3.63) is 41.2 Å². The van der Waals surface area contributed by atoms with Gasteiger partial charge < -0.3 is 14.8 Å². The molecule has 9 nitrogen and oxygen atoms in total. The molecule has 144 valence electrons. The number of esters is 2. The van der Waals surface area contributed by atoms with Crippen molar-refractivity contribution in [1.82, 2.24) is 15.0 Å². The second-order valence-electron chi connectivity index (χ2n) is 5.68. The lowest BCUT2D eigenvalue weighted by Crippen LogP contribution is -2.29. The minimum absolute atomic E-state index is 0.229. The Balaban J connectivity index is 2.35. The van der Waals surface area contributed by atoms with E-state index < -0.39 is 23.9 Å². The molecule has 2 aromatic rings. The first kappa shape index (κ1) is 20.1. The first-order valence-electron chi connectivity index (χ1n) is 8.48. The van der Waals surface area contributed by atoms with Crippen molar-refractivity contribution < 1.29 is 23.9 Å². The van der Waals surface area contributed by atoms with Crippen LogP contribution in [0.2, 0.25) is 0 Å². The highest BCUT2D eigenvalue weighted by atomic mass is 16.5. The molecular weight excluding hydrogens is 352 g/mol. The van der Waals surface area contributed by atoms with Gasteiger partial charge in [0.25, 0.3) is 0 Å². The van der Waals surface area contributed by atoms with E-state index in [-0.39, 0.29) is 11.4 Å². The Morgan fingerprint density at radius 1 is 1.07 bits per heavy atom. The van der Waals surface area contributed by atoms with Crippen LogP contribution in [0, 0.1) is 0 Å². The maximum Gasteiger partial charge on any atom is 0.361 e. The number of methoxy groups -OCH3 is 2. The van der Waals surface area contributed by atoms with Gasteiger partial charge in [-0.15, -0.1) is 5.10 Å². The first-order chi connectivity index (χ1) is 13.0. The fourth-order valence-electron chi connectivity index (χ4n) is 2.55. The monoisotopic (exact) mass is 374 g/mol. The van der Waals surface area contributed by atoms with Crippen LogP contribution >= 0.6 is 0 Å². The van der Waals surface area contributed by atoms with Gasteiger partial charge in [-0.05, 0) is 30.5 Å². The SMILES string of the molecule is CCc1ccc(NC(=O)[C@@H](CC)n2nnc(C(=O)OC)c2C(=O)OC)cc1. The topological polar surface area (TPSA) is 112 Å². The minimum Gasteiger partial charge on any atom is -0.464 e. The van der Waals surface area contributed by atoms with E-state index >= 15 is 0 Å². The summed E-state index contributed by atoms with van der Waals surface area (Å²) in [5.74, 6) is -2.07. The number of anilines is 1. The maximum atomic E-state index is 12.7. The molecule has 1 heterocycles. The van der Waals surface area contributed by atoms with E-state index in [1.165, 1.54) is 0 Å². The summed E-state index contributed by atoms with van der Waals surface area (Å²) in [6, 6.07) is 6.57. The number of hydrogen-bond acceptors (Lipinski definition) is 7. The summed E-state index contributed by atoms with van der Waals surface area (Å²) >= 11 is 0. The van der Waals surface area contributed by atoms with Gasteiger partial charge >= 0.3 is 11.9 Å². The fraction of sp³-hybridized carbons (Fsp3) is 0.389. The van der Waals surface area contributed by atoms with Crippen molar-refractivity contribution in [3.8, 4) is 0 Å². The molecular formula is C18H22N4O5. The highest BCUT2D eigenvalue weighted by Gasteiger charge is 2.32. The molecule has 0 radical (unpaired) electrons. The standard InChI is InChI=1S/C18H22N4O5/c1-5-11-7-9-12(10-8-11)19-16(23)13(6-2)22-15(18(25)27-4)14(20-21-22)17(24)26-3/h7-10,13H,5-6H2,1-4H3,(H,19,23)/t13-/m1/s1. The van der Waals surface area contributed by atoms with E-state index in [0.29, 0.717) is 12.1 Å². The molecule has 1 amide bonds. The number of carbonyl (C=O) groups is 3. The van der Waals surface area contributed by atoms with Crippen molar-refractivity contribution in [2.24, 2.45) is 0 Å². The van der Waals surface area contributed by atoms with Crippen molar-refractivity contribution in [1.29, 1.82) is 0 Å². The zero-order valence-electron chi connectivity index (χ0n) is 15.7. The molecule has 0 unspecified atom stereocenters. The Labute approximate surface area is 156 Å². The van der Waals surface area contributed by atoms with Crippen molar-refractivity contribution >= 4 is 23.5 Å². The molecule has 1 N–H and O–H groups in total. The largest absolute Gasteiger partial charge is 0.464 e. The molecule has 0 aliphatic carbocycles. The molecule has 0 aliphatic heterocycles. The normalized spacial score (nSPS) is 11.6. The molecule has 0 saturated carbocycles. The number of aryl methyl sites for hydroxylation is 1. The van der Waals surface area contributed by atoms with E-state index in [0.717, 1.165) is 30.9 Å². The Morgan fingerprint density at radius 2 is 1.70 bits per heavy atom. The third-order valence-electron chi connectivity index (χ3n) is 4.07. The van der Waals surface area contributed by atoms with Crippen LogP contribution in [0.4, 0.5) is 5.69 Å². The van der Waals surface area contributed by atoms with Crippen molar-refractivity contribution in [2.45, 2.75) is 32.7 Å². The van der Waals surface area contributed by atoms with Gasteiger partial charge in [-0.25, -0.2) is 14.3 Å². The average molecular weight is 374 g/mol. The highest BCUT2D eigenvalue weighted by Crippen LogP contribution is 2.20. The molecule has 27 heavy (non-hydrogen) atoms. The third-order valence-corrected chi connectivity index (χ3v) is 4.07. The van der Waals surface area contributed by atoms with E-state index in [1.54, 1.807) is 19.1 Å².